The lowest BCUT2D eigenvalue weighted by atomic mass is 10.1. The van der Waals surface area contributed by atoms with Crippen LogP contribution in [0.15, 0.2) is 18.2 Å². The summed E-state index contributed by atoms with van der Waals surface area (Å²) in [7, 11) is 0. The van der Waals surface area contributed by atoms with E-state index >= 15 is 0 Å². The van der Waals surface area contributed by atoms with Gasteiger partial charge in [0.25, 0.3) is 0 Å². The van der Waals surface area contributed by atoms with Crippen molar-refractivity contribution in [3.8, 4) is 0 Å². The maximum absolute atomic E-state index is 6.06. The molecule has 0 bridgehead atoms. The Balaban J connectivity index is 2.19. The van der Waals surface area contributed by atoms with E-state index in [-0.39, 0.29) is 0 Å². The summed E-state index contributed by atoms with van der Waals surface area (Å²) in [4.78, 5) is 2.44. The Bertz CT molecular complexity index is 365. The predicted octanol–water partition coefficient (Wildman–Crippen LogP) is 2.91. The average Bonchev–Trinajstić information content (AvgIpc) is 2.32. The molecule has 0 saturated carbocycles. The molecule has 0 aromatic heterocycles. The standard InChI is InChI=1S/C13H20N2S/c1-3-11-9-15(6-7-16-11)13-8-10(2)4-5-12(13)14/h4-5,8,11H,3,6-7,9,14H2,1-2H3. The van der Waals surface area contributed by atoms with Gasteiger partial charge in [-0.2, -0.15) is 11.8 Å². The average molecular weight is 236 g/mol. The summed E-state index contributed by atoms with van der Waals surface area (Å²) in [5, 5.41) is 0.758. The van der Waals surface area contributed by atoms with Crippen molar-refractivity contribution < 1.29 is 0 Å². The van der Waals surface area contributed by atoms with Crippen LogP contribution in [0.5, 0.6) is 0 Å². The number of benzene rings is 1. The van der Waals surface area contributed by atoms with Crippen LogP contribution in [-0.2, 0) is 0 Å². The Kier molecular flexibility index (Phi) is 3.64. The summed E-state index contributed by atoms with van der Waals surface area (Å²) >= 11 is 2.09. The third-order valence-electron chi connectivity index (χ3n) is 3.12. The van der Waals surface area contributed by atoms with Gasteiger partial charge in [0, 0.05) is 24.1 Å². The predicted molar refractivity (Wildman–Crippen MR) is 74.3 cm³/mol. The zero-order chi connectivity index (χ0) is 11.5. The zero-order valence-electron chi connectivity index (χ0n) is 10.1. The molecule has 0 radical (unpaired) electrons. The van der Waals surface area contributed by atoms with Crippen LogP contribution in [0, 0.1) is 6.92 Å². The third kappa shape index (κ3) is 2.46. The highest BCUT2D eigenvalue weighted by molar-refractivity contribution is 8.00. The first-order valence-corrected chi connectivity index (χ1v) is 6.98. The molecule has 1 heterocycles. The summed E-state index contributed by atoms with van der Waals surface area (Å²) in [6, 6.07) is 6.31. The van der Waals surface area contributed by atoms with Crippen LogP contribution in [0.3, 0.4) is 0 Å². The van der Waals surface area contributed by atoms with Gasteiger partial charge in [-0.25, -0.2) is 0 Å². The molecule has 1 saturated heterocycles. The van der Waals surface area contributed by atoms with Crippen LogP contribution in [0.4, 0.5) is 11.4 Å². The lowest BCUT2D eigenvalue weighted by Crippen LogP contribution is -2.38. The summed E-state index contributed by atoms with van der Waals surface area (Å²) in [5.41, 5.74) is 9.48. The van der Waals surface area contributed by atoms with Gasteiger partial charge in [0.1, 0.15) is 0 Å². The minimum Gasteiger partial charge on any atom is -0.397 e. The van der Waals surface area contributed by atoms with Gasteiger partial charge in [-0.1, -0.05) is 13.0 Å². The summed E-state index contributed by atoms with van der Waals surface area (Å²) < 4.78 is 0. The van der Waals surface area contributed by atoms with Gasteiger partial charge in [0.05, 0.1) is 11.4 Å². The van der Waals surface area contributed by atoms with Crippen molar-refractivity contribution in [2.45, 2.75) is 25.5 Å². The van der Waals surface area contributed by atoms with Crippen molar-refractivity contribution in [2.24, 2.45) is 0 Å². The highest BCUT2D eigenvalue weighted by Gasteiger charge is 2.20. The van der Waals surface area contributed by atoms with Crippen molar-refractivity contribution >= 4 is 23.1 Å². The number of nitrogens with two attached hydrogens (primary N) is 1. The number of thioether (sulfide) groups is 1. The number of aryl methyl sites for hydroxylation is 1. The van der Waals surface area contributed by atoms with Crippen LogP contribution in [-0.4, -0.2) is 24.1 Å². The topological polar surface area (TPSA) is 29.3 Å². The van der Waals surface area contributed by atoms with E-state index in [0.717, 1.165) is 24.0 Å². The molecule has 1 fully saturated rings. The quantitative estimate of drug-likeness (QED) is 0.801. The van der Waals surface area contributed by atoms with Crippen LogP contribution in [0.25, 0.3) is 0 Å². The second-order valence-electron chi connectivity index (χ2n) is 4.41. The van der Waals surface area contributed by atoms with Crippen LogP contribution < -0.4 is 10.6 Å². The van der Waals surface area contributed by atoms with E-state index in [1.54, 1.807) is 0 Å². The number of hydrogen-bond acceptors (Lipinski definition) is 3. The number of rotatable bonds is 2. The fraction of sp³-hybridized carbons (Fsp3) is 0.538. The molecule has 16 heavy (non-hydrogen) atoms. The summed E-state index contributed by atoms with van der Waals surface area (Å²) in [5.74, 6) is 1.21. The van der Waals surface area contributed by atoms with E-state index < -0.39 is 0 Å². The monoisotopic (exact) mass is 236 g/mol. The van der Waals surface area contributed by atoms with Crippen LogP contribution in [0.2, 0.25) is 0 Å². The number of anilines is 2. The van der Waals surface area contributed by atoms with Crippen molar-refractivity contribution in [1.82, 2.24) is 0 Å². The Labute approximate surface area is 102 Å². The molecule has 1 aliphatic rings. The van der Waals surface area contributed by atoms with Gasteiger partial charge in [-0.3, -0.25) is 0 Å². The fourth-order valence-corrected chi connectivity index (χ4v) is 3.29. The maximum Gasteiger partial charge on any atom is 0.0603 e. The second kappa shape index (κ2) is 5.00. The lowest BCUT2D eigenvalue weighted by Gasteiger charge is -2.34. The smallest absolute Gasteiger partial charge is 0.0603 e. The molecule has 1 atom stereocenters. The largest absolute Gasteiger partial charge is 0.397 e. The Morgan fingerprint density at radius 2 is 2.31 bits per heavy atom. The van der Waals surface area contributed by atoms with Gasteiger partial charge >= 0.3 is 0 Å². The number of nitrogen functional groups attached to an aromatic ring is 1. The Morgan fingerprint density at radius 3 is 3.06 bits per heavy atom. The van der Waals surface area contributed by atoms with Crippen molar-refractivity contribution in [3.05, 3.63) is 23.8 Å². The van der Waals surface area contributed by atoms with Crippen molar-refractivity contribution in [1.29, 1.82) is 0 Å². The first kappa shape index (κ1) is 11.6. The highest BCUT2D eigenvalue weighted by Crippen LogP contribution is 2.30. The molecule has 1 aliphatic heterocycles. The molecule has 0 spiro atoms. The first-order valence-electron chi connectivity index (χ1n) is 5.93. The molecule has 2 N–H and O–H groups in total. The fourth-order valence-electron chi connectivity index (χ4n) is 2.11. The molecular weight excluding hydrogens is 216 g/mol. The van der Waals surface area contributed by atoms with Gasteiger partial charge in [0.15, 0.2) is 0 Å². The van der Waals surface area contributed by atoms with Gasteiger partial charge in [-0.15, -0.1) is 0 Å². The van der Waals surface area contributed by atoms with Crippen LogP contribution >= 0.6 is 11.8 Å². The lowest BCUT2D eigenvalue weighted by molar-refractivity contribution is 0.729. The first-order chi connectivity index (χ1) is 7.70. The molecule has 3 heteroatoms. The van der Waals surface area contributed by atoms with E-state index in [1.165, 1.54) is 23.4 Å². The van der Waals surface area contributed by atoms with Gasteiger partial charge in [0.2, 0.25) is 0 Å². The van der Waals surface area contributed by atoms with Crippen LogP contribution in [0.1, 0.15) is 18.9 Å². The van der Waals surface area contributed by atoms with Crippen molar-refractivity contribution in [3.63, 3.8) is 0 Å². The molecule has 0 amide bonds. The van der Waals surface area contributed by atoms with E-state index in [4.69, 9.17) is 5.73 Å². The zero-order valence-corrected chi connectivity index (χ0v) is 10.9. The van der Waals surface area contributed by atoms with E-state index in [9.17, 15) is 0 Å². The van der Waals surface area contributed by atoms with Crippen molar-refractivity contribution in [2.75, 3.05) is 29.5 Å². The molecule has 1 aromatic carbocycles. The Morgan fingerprint density at radius 1 is 1.50 bits per heavy atom. The second-order valence-corrected chi connectivity index (χ2v) is 5.82. The molecule has 2 nitrogen and oxygen atoms in total. The normalized spacial score (nSPS) is 21.1. The van der Waals surface area contributed by atoms with Gasteiger partial charge < -0.3 is 10.6 Å². The van der Waals surface area contributed by atoms with E-state index in [1.807, 2.05) is 6.07 Å². The maximum atomic E-state index is 6.06. The minimum absolute atomic E-state index is 0.758. The van der Waals surface area contributed by atoms with E-state index in [0.29, 0.717) is 0 Å². The Hall–Kier alpha value is -0.830. The third-order valence-corrected chi connectivity index (χ3v) is 4.49. The van der Waals surface area contributed by atoms with E-state index in [2.05, 4.69) is 42.6 Å². The summed E-state index contributed by atoms with van der Waals surface area (Å²) in [6.07, 6.45) is 1.24. The molecule has 0 aliphatic carbocycles. The number of nitrogens with zero attached hydrogens (tertiary/aromatic N) is 1. The highest BCUT2D eigenvalue weighted by atomic mass is 32.2. The molecule has 2 rings (SSSR count). The van der Waals surface area contributed by atoms with Gasteiger partial charge in [-0.05, 0) is 31.0 Å². The summed E-state index contributed by atoms with van der Waals surface area (Å²) in [6.45, 7) is 6.64. The molecular formula is C13H20N2S. The number of hydrogen-bond donors (Lipinski definition) is 1. The molecule has 1 unspecified atom stereocenters. The molecule has 88 valence electrons. The minimum atomic E-state index is 0.758. The SMILES string of the molecule is CCC1CN(c2cc(C)ccc2N)CCS1. The molecule has 1 aromatic rings.